The molecule has 2 saturated heterocycles. The average Bonchev–Trinajstić information content (AvgIpc) is 3.07. The molecule has 0 aliphatic carbocycles. The molecule has 0 saturated carbocycles. The molecule has 1 N–H and O–H groups in total. The maximum atomic E-state index is 13.1. The molecule has 8 nitrogen and oxygen atoms in total. The molecule has 0 unspecified atom stereocenters. The van der Waals surface area contributed by atoms with Crippen LogP contribution in [0, 0.1) is 18.3 Å². The summed E-state index contributed by atoms with van der Waals surface area (Å²) in [5.74, 6) is 0.616. The van der Waals surface area contributed by atoms with Crippen LogP contribution in [0.25, 0.3) is 6.08 Å². The van der Waals surface area contributed by atoms with Crippen molar-refractivity contribution >= 4 is 46.1 Å². The quantitative estimate of drug-likeness (QED) is 0.439. The van der Waals surface area contributed by atoms with E-state index in [1.807, 2.05) is 13.0 Å². The number of carbonyl (C=O) groups excluding carboxylic acids is 1. The lowest BCUT2D eigenvalue weighted by Gasteiger charge is -2.37. The van der Waals surface area contributed by atoms with Crippen molar-refractivity contribution in [3.05, 3.63) is 31.9 Å². The number of rotatable bonds is 8. The van der Waals surface area contributed by atoms with E-state index < -0.39 is 0 Å². The zero-order valence-corrected chi connectivity index (χ0v) is 21.1. The molecule has 33 heavy (non-hydrogen) atoms. The van der Waals surface area contributed by atoms with E-state index in [9.17, 15) is 20.0 Å². The van der Waals surface area contributed by atoms with Crippen LogP contribution in [-0.4, -0.2) is 75.6 Å². The van der Waals surface area contributed by atoms with E-state index in [0.29, 0.717) is 47.5 Å². The number of nitrogens with zero attached hydrogens (tertiary/aromatic N) is 5. The summed E-state index contributed by atoms with van der Waals surface area (Å²) in [5, 5.41) is 19.0. The van der Waals surface area contributed by atoms with E-state index in [1.165, 1.54) is 11.8 Å². The number of hydrogen-bond donors (Lipinski definition) is 1. The maximum Gasteiger partial charge on any atom is 0.270 e. The molecule has 0 atom stereocenters. The summed E-state index contributed by atoms with van der Waals surface area (Å²) < 4.78 is 2.18. The van der Waals surface area contributed by atoms with Gasteiger partial charge in [0.15, 0.2) is 0 Å². The highest BCUT2D eigenvalue weighted by molar-refractivity contribution is 8.26. The van der Waals surface area contributed by atoms with Crippen molar-refractivity contribution < 1.29 is 9.90 Å². The number of carbonyl (C=O) groups is 1. The van der Waals surface area contributed by atoms with Crippen LogP contribution in [-0.2, 0) is 11.3 Å². The number of aromatic nitrogens is 1. The summed E-state index contributed by atoms with van der Waals surface area (Å²) in [5.41, 5.74) is 1.10. The molecule has 2 aliphatic rings. The largest absolute Gasteiger partial charge is 0.395 e. The first-order valence-corrected chi connectivity index (χ1v) is 12.6. The van der Waals surface area contributed by atoms with Gasteiger partial charge in [0, 0.05) is 51.4 Å². The second-order valence-electron chi connectivity index (χ2n) is 8.14. The summed E-state index contributed by atoms with van der Waals surface area (Å²) in [6.07, 6.45) is 3.65. The smallest absolute Gasteiger partial charge is 0.270 e. The standard InChI is InChI=1S/C23H31N5O3S2/c1-4-6-7-28-22(31)19(33-23(28)32)14-17-16(3)18(15-24)21(30)27(5-2)20(17)26-10-8-25(9-11-26)12-13-29/h14,29H,4-13H2,1-3H3. The summed E-state index contributed by atoms with van der Waals surface area (Å²) in [4.78, 5) is 32.7. The number of β-amino-alcohol motifs (C(OH)–C–C–N with tert-alkyl or cyclic N) is 1. The van der Waals surface area contributed by atoms with Gasteiger partial charge in [0.25, 0.3) is 11.5 Å². The number of thioether (sulfide) groups is 1. The van der Waals surface area contributed by atoms with Gasteiger partial charge in [-0.1, -0.05) is 37.3 Å². The summed E-state index contributed by atoms with van der Waals surface area (Å²) in [6.45, 7) is 10.4. The van der Waals surface area contributed by atoms with Gasteiger partial charge >= 0.3 is 0 Å². The number of anilines is 1. The summed E-state index contributed by atoms with van der Waals surface area (Å²) in [7, 11) is 0. The van der Waals surface area contributed by atoms with E-state index in [1.54, 1.807) is 16.4 Å². The molecule has 0 spiro atoms. The van der Waals surface area contributed by atoms with Crippen LogP contribution >= 0.6 is 24.0 Å². The topological polar surface area (TPSA) is 92.8 Å². The maximum absolute atomic E-state index is 13.1. The fourth-order valence-corrected chi connectivity index (χ4v) is 5.53. The van der Waals surface area contributed by atoms with Gasteiger partial charge in [-0.15, -0.1) is 0 Å². The fraction of sp³-hybridized carbons (Fsp3) is 0.565. The number of amides is 1. The Balaban J connectivity index is 2.10. The molecule has 0 radical (unpaired) electrons. The Morgan fingerprint density at radius 3 is 2.45 bits per heavy atom. The zero-order valence-electron chi connectivity index (χ0n) is 19.5. The third-order valence-corrected chi connectivity index (χ3v) is 7.51. The second kappa shape index (κ2) is 11.3. The van der Waals surface area contributed by atoms with Gasteiger partial charge in [-0.05, 0) is 31.9 Å². The van der Waals surface area contributed by atoms with Gasteiger partial charge < -0.3 is 10.0 Å². The molecule has 1 amide bonds. The van der Waals surface area contributed by atoms with Gasteiger partial charge in [0.2, 0.25) is 0 Å². The number of aliphatic hydroxyl groups excluding tert-OH is 1. The molecule has 2 aliphatic heterocycles. The third-order valence-electron chi connectivity index (χ3n) is 6.13. The predicted molar refractivity (Wildman–Crippen MR) is 136 cm³/mol. The Morgan fingerprint density at radius 1 is 1.18 bits per heavy atom. The molecule has 3 heterocycles. The first-order chi connectivity index (χ1) is 15.9. The second-order valence-corrected chi connectivity index (χ2v) is 9.81. The van der Waals surface area contributed by atoms with Crippen molar-refractivity contribution in [2.75, 3.05) is 50.8 Å². The van der Waals surface area contributed by atoms with Crippen molar-refractivity contribution in [3.8, 4) is 6.07 Å². The van der Waals surface area contributed by atoms with Gasteiger partial charge in [-0.3, -0.25) is 24.0 Å². The lowest BCUT2D eigenvalue weighted by molar-refractivity contribution is -0.122. The minimum atomic E-state index is -0.307. The molecule has 0 aromatic carbocycles. The minimum absolute atomic E-state index is 0.104. The molecule has 1 aromatic rings. The number of pyridine rings is 1. The van der Waals surface area contributed by atoms with Crippen LogP contribution in [0.1, 0.15) is 43.4 Å². The highest BCUT2D eigenvalue weighted by Crippen LogP contribution is 2.36. The number of nitriles is 1. The van der Waals surface area contributed by atoms with E-state index in [2.05, 4.69) is 22.8 Å². The predicted octanol–water partition coefficient (Wildman–Crippen LogP) is 2.16. The van der Waals surface area contributed by atoms with Crippen LogP contribution in [0.2, 0.25) is 0 Å². The van der Waals surface area contributed by atoms with Crippen molar-refractivity contribution in [1.82, 2.24) is 14.4 Å². The third kappa shape index (κ3) is 5.17. The Kier molecular flexibility index (Phi) is 8.70. The van der Waals surface area contributed by atoms with Gasteiger partial charge in [-0.2, -0.15) is 5.26 Å². The molecular formula is C23H31N5O3S2. The molecule has 2 fully saturated rings. The average molecular weight is 490 g/mol. The Hall–Kier alpha value is -2.19. The Morgan fingerprint density at radius 2 is 1.88 bits per heavy atom. The molecular weight excluding hydrogens is 458 g/mol. The fourth-order valence-electron chi connectivity index (χ4n) is 4.24. The van der Waals surface area contributed by atoms with Gasteiger partial charge in [0.05, 0.1) is 11.5 Å². The van der Waals surface area contributed by atoms with Crippen molar-refractivity contribution in [3.63, 3.8) is 0 Å². The lowest BCUT2D eigenvalue weighted by atomic mass is 10.0. The minimum Gasteiger partial charge on any atom is -0.395 e. The van der Waals surface area contributed by atoms with E-state index >= 15 is 0 Å². The van der Waals surface area contributed by atoms with E-state index in [4.69, 9.17) is 12.2 Å². The number of piperazine rings is 1. The molecule has 0 bridgehead atoms. The highest BCUT2D eigenvalue weighted by Gasteiger charge is 2.33. The molecule has 10 heteroatoms. The van der Waals surface area contributed by atoms with Crippen molar-refractivity contribution in [2.45, 2.75) is 40.2 Å². The highest BCUT2D eigenvalue weighted by atomic mass is 32.2. The van der Waals surface area contributed by atoms with Crippen molar-refractivity contribution in [1.29, 1.82) is 5.26 Å². The lowest BCUT2D eigenvalue weighted by Crippen LogP contribution is -2.49. The molecule has 1 aromatic heterocycles. The van der Waals surface area contributed by atoms with Gasteiger partial charge in [0.1, 0.15) is 21.8 Å². The van der Waals surface area contributed by atoms with E-state index in [0.717, 1.165) is 37.3 Å². The first-order valence-electron chi connectivity index (χ1n) is 11.4. The van der Waals surface area contributed by atoms with E-state index in [-0.39, 0.29) is 23.6 Å². The molecule has 3 rings (SSSR count). The molecule has 178 valence electrons. The first kappa shape index (κ1) is 25.4. The van der Waals surface area contributed by atoms with Crippen LogP contribution in [0.3, 0.4) is 0 Å². The van der Waals surface area contributed by atoms with Crippen LogP contribution < -0.4 is 10.5 Å². The van der Waals surface area contributed by atoms with Crippen LogP contribution in [0.4, 0.5) is 5.82 Å². The Bertz CT molecular complexity index is 1050. The van der Waals surface area contributed by atoms with Gasteiger partial charge in [-0.25, -0.2) is 0 Å². The van der Waals surface area contributed by atoms with Crippen LogP contribution in [0.15, 0.2) is 9.70 Å². The monoisotopic (exact) mass is 489 g/mol. The SMILES string of the molecule is CCCCN1C(=O)C(=Cc2c(C)c(C#N)c(=O)n(CC)c2N2CCN(CCO)CC2)SC1=S. The number of unbranched alkanes of at least 4 members (excludes halogenated alkanes) is 1. The normalized spacial score (nSPS) is 18.5. The number of thiocarbonyl (C=S) groups is 1. The summed E-state index contributed by atoms with van der Waals surface area (Å²) in [6, 6.07) is 2.07. The number of hydrogen-bond acceptors (Lipinski definition) is 8. The van der Waals surface area contributed by atoms with Crippen LogP contribution in [0.5, 0.6) is 0 Å². The summed E-state index contributed by atoms with van der Waals surface area (Å²) >= 11 is 6.73. The number of aliphatic hydroxyl groups is 1. The van der Waals surface area contributed by atoms with Crippen molar-refractivity contribution in [2.24, 2.45) is 0 Å². The zero-order chi connectivity index (χ0) is 24.1. The Labute approximate surface area is 204 Å².